The number of hydrogen-bond acceptors (Lipinski definition) is 4. The number of anilines is 1. The van der Waals surface area contributed by atoms with Crippen molar-refractivity contribution in [2.75, 3.05) is 18.9 Å². The van der Waals surface area contributed by atoms with E-state index in [2.05, 4.69) is 15.9 Å². The second-order valence-electron chi connectivity index (χ2n) is 3.30. The van der Waals surface area contributed by atoms with E-state index in [4.69, 9.17) is 15.2 Å². The van der Waals surface area contributed by atoms with Gasteiger partial charge < -0.3 is 15.2 Å². The molecule has 0 aromatic heterocycles. The van der Waals surface area contributed by atoms with E-state index in [1.165, 1.54) is 0 Å². The van der Waals surface area contributed by atoms with Crippen LogP contribution in [0.25, 0.3) is 0 Å². The zero-order valence-corrected chi connectivity index (χ0v) is 9.49. The van der Waals surface area contributed by atoms with E-state index in [1.807, 2.05) is 0 Å². The third-order valence-electron chi connectivity index (χ3n) is 2.12. The molecule has 2 N–H and O–H groups in total. The van der Waals surface area contributed by atoms with Crippen molar-refractivity contribution in [3.63, 3.8) is 0 Å². The predicted molar refractivity (Wildman–Crippen MR) is 58.6 cm³/mol. The molecule has 0 bridgehead atoms. The van der Waals surface area contributed by atoms with Crippen molar-refractivity contribution in [1.82, 2.24) is 0 Å². The SMILES string of the molecule is Nc1ccc(Br)cc1C(=O)OC1COC1. The van der Waals surface area contributed by atoms with Gasteiger partial charge in [-0.1, -0.05) is 15.9 Å². The van der Waals surface area contributed by atoms with Gasteiger partial charge in [-0.05, 0) is 18.2 Å². The topological polar surface area (TPSA) is 61.6 Å². The molecule has 15 heavy (non-hydrogen) atoms. The highest BCUT2D eigenvalue weighted by atomic mass is 79.9. The molecule has 5 heteroatoms. The maximum Gasteiger partial charge on any atom is 0.340 e. The molecular formula is C10H10BrNO3. The molecule has 1 aromatic rings. The van der Waals surface area contributed by atoms with Gasteiger partial charge in [0.05, 0.1) is 18.8 Å². The predicted octanol–water partition coefficient (Wildman–Crippen LogP) is 1.59. The van der Waals surface area contributed by atoms with Crippen molar-refractivity contribution < 1.29 is 14.3 Å². The number of benzene rings is 1. The van der Waals surface area contributed by atoms with Crippen LogP contribution in [0.2, 0.25) is 0 Å². The van der Waals surface area contributed by atoms with Crippen LogP contribution in [0.5, 0.6) is 0 Å². The van der Waals surface area contributed by atoms with Gasteiger partial charge in [0.15, 0.2) is 0 Å². The molecule has 4 nitrogen and oxygen atoms in total. The third kappa shape index (κ3) is 2.30. The largest absolute Gasteiger partial charge is 0.454 e. The van der Waals surface area contributed by atoms with Crippen molar-refractivity contribution in [2.45, 2.75) is 6.10 Å². The lowest BCUT2D eigenvalue weighted by molar-refractivity contribution is -0.103. The summed E-state index contributed by atoms with van der Waals surface area (Å²) in [5.74, 6) is -0.401. The van der Waals surface area contributed by atoms with Gasteiger partial charge in [0.25, 0.3) is 0 Å². The van der Waals surface area contributed by atoms with E-state index in [1.54, 1.807) is 18.2 Å². The number of halogens is 1. The standard InChI is InChI=1S/C10H10BrNO3/c11-6-1-2-9(12)8(3-6)10(13)15-7-4-14-5-7/h1-3,7H,4-5,12H2. The summed E-state index contributed by atoms with van der Waals surface area (Å²) in [6.07, 6.45) is -0.129. The van der Waals surface area contributed by atoms with E-state index >= 15 is 0 Å². The van der Waals surface area contributed by atoms with Crippen LogP contribution in [-0.2, 0) is 9.47 Å². The number of hydrogen-bond donors (Lipinski definition) is 1. The van der Waals surface area contributed by atoms with Gasteiger partial charge in [0.2, 0.25) is 0 Å². The van der Waals surface area contributed by atoms with E-state index < -0.39 is 5.97 Å². The highest BCUT2D eigenvalue weighted by Crippen LogP contribution is 2.20. The number of rotatable bonds is 2. The molecule has 1 aliphatic heterocycles. The van der Waals surface area contributed by atoms with Crippen molar-refractivity contribution in [3.05, 3.63) is 28.2 Å². The third-order valence-corrected chi connectivity index (χ3v) is 2.61. The highest BCUT2D eigenvalue weighted by Gasteiger charge is 2.24. The number of ether oxygens (including phenoxy) is 2. The van der Waals surface area contributed by atoms with Gasteiger partial charge >= 0.3 is 5.97 Å². The lowest BCUT2D eigenvalue weighted by Crippen LogP contribution is -2.37. The highest BCUT2D eigenvalue weighted by molar-refractivity contribution is 9.10. The molecule has 0 radical (unpaired) electrons. The lowest BCUT2D eigenvalue weighted by atomic mass is 10.2. The first kappa shape index (κ1) is 10.4. The number of nitrogens with two attached hydrogens (primary N) is 1. The summed E-state index contributed by atoms with van der Waals surface area (Å²) in [7, 11) is 0. The molecule has 0 amide bonds. The molecular weight excluding hydrogens is 262 g/mol. The normalized spacial score (nSPS) is 15.8. The fraction of sp³-hybridized carbons (Fsp3) is 0.300. The molecule has 0 spiro atoms. The monoisotopic (exact) mass is 271 g/mol. The maximum absolute atomic E-state index is 11.6. The molecule has 1 saturated heterocycles. The second kappa shape index (κ2) is 4.20. The Bertz CT molecular complexity index is 390. The Kier molecular flexibility index (Phi) is 2.93. The molecule has 1 aromatic carbocycles. The van der Waals surface area contributed by atoms with Crippen molar-refractivity contribution in [2.24, 2.45) is 0 Å². The van der Waals surface area contributed by atoms with Crippen molar-refractivity contribution in [3.8, 4) is 0 Å². The first-order valence-corrected chi connectivity index (χ1v) is 5.30. The van der Waals surface area contributed by atoms with Gasteiger partial charge in [-0.2, -0.15) is 0 Å². The first-order valence-electron chi connectivity index (χ1n) is 4.50. The molecule has 1 aliphatic rings. The summed E-state index contributed by atoms with van der Waals surface area (Å²) in [5, 5.41) is 0. The van der Waals surface area contributed by atoms with Gasteiger partial charge in [-0.25, -0.2) is 4.79 Å². The van der Waals surface area contributed by atoms with Crippen LogP contribution in [-0.4, -0.2) is 25.3 Å². The maximum atomic E-state index is 11.6. The zero-order valence-electron chi connectivity index (χ0n) is 7.90. The fourth-order valence-corrected chi connectivity index (χ4v) is 1.56. The zero-order chi connectivity index (χ0) is 10.8. The quantitative estimate of drug-likeness (QED) is 0.656. The van der Waals surface area contributed by atoms with E-state index in [-0.39, 0.29) is 6.10 Å². The Hall–Kier alpha value is -1.07. The summed E-state index contributed by atoms with van der Waals surface area (Å²) < 4.78 is 10.9. The minimum absolute atomic E-state index is 0.129. The number of esters is 1. The van der Waals surface area contributed by atoms with Crippen LogP contribution in [0.4, 0.5) is 5.69 Å². The molecule has 2 rings (SSSR count). The Balaban J connectivity index is 2.12. The van der Waals surface area contributed by atoms with Crippen LogP contribution >= 0.6 is 15.9 Å². The first-order chi connectivity index (χ1) is 7.16. The summed E-state index contributed by atoms with van der Waals surface area (Å²) >= 11 is 3.27. The smallest absolute Gasteiger partial charge is 0.340 e. The fourth-order valence-electron chi connectivity index (χ4n) is 1.20. The Morgan fingerprint density at radius 1 is 1.53 bits per heavy atom. The lowest BCUT2D eigenvalue weighted by Gasteiger charge is -2.25. The van der Waals surface area contributed by atoms with E-state index in [0.717, 1.165) is 4.47 Å². The number of nitrogen functional groups attached to an aromatic ring is 1. The Labute approximate surface area is 95.5 Å². The summed E-state index contributed by atoms with van der Waals surface area (Å²) in [5.41, 5.74) is 6.48. The van der Waals surface area contributed by atoms with Gasteiger partial charge in [0.1, 0.15) is 6.10 Å². The van der Waals surface area contributed by atoms with Gasteiger partial charge in [-0.15, -0.1) is 0 Å². The minimum atomic E-state index is -0.401. The van der Waals surface area contributed by atoms with E-state index in [9.17, 15) is 4.79 Å². The molecule has 80 valence electrons. The van der Waals surface area contributed by atoms with Gasteiger partial charge in [-0.3, -0.25) is 0 Å². The molecule has 0 unspecified atom stereocenters. The molecule has 0 saturated carbocycles. The Morgan fingerprint density at radius 2 is 2.27 bits per heavy atom. The van der Waals surface area contributed by atoms with Crippen LogP contribution in [0.15, 0.2) is 22.7 Å². The second-order valence-corrected chi connectivity index (χ2v) is 4.21. The van der Waals surface area contributed by atoms with Gasteiger partial charge in [0, 0.05) is 10.2 Å². The molecule has 1 fully saturated rings. The van der Waals surface area contributed by atoms with Crippen LogP contribution in [0.1, 0.15) is 10.4 Å². The van der Waals surface area contributed by atoms with Crippen LogP contribution in [0.3, 0.4) is 0 Å². The average molecular weight is 272 g/mol. The summed E-state index contributed by atoms with van der Waals surface area (Å²) in [6, 6.07) is 5.09. The minimum Gasteiger partial charge on any atom is -0.454 e. The van der Waals surface area contributed by atoms with E-state index in [0.29, 0.717) is 24.5 Å². The molecule has 0 aliphatic carbocycles. The molecule has 1 heterocycles. The Morgan fingerprint density at radius 3 is 2.87 bits per heavy atom. The average Bonchev–Trinajstić information content (AvgIpc) is 2.15. The summed E-state index contributed by atoms with van der Waals surface area (Å²) in [6.45, 7) is 0.944. The number of carbonyl (C=O) groups is 1. The van der Waals surface area contributed by atoms with Crippen LogP contribution < -0.4 is 5.73 Å². The van der Waals surface area contributed by atoms with Crippen molar-refractivity contribution in [1.29, 1.82) is 0 Å². The number of carbonyl (C=O) groups excluding carboxylic acids is 1. The van der Waals surface area contributed by atoms with Crippen molar-refractivity contribution >= 4 is 27.6 Å². The summed E-state index contributed by atoms with van der Waals surface area (Å²) in [4.78, 5) is 11.6. The van der Waals surface area contributed by atoms with Crippen LogP contribution in [0, 0.1) is 0 Å². The molecule has 0 atom stereocenters.